The first-order valence-electron chi connectivity index (χ1n) is 4.95. The average molecular weight is 222 g/mol. The molecule has 0 spiro atoms. The first-order chi connectivity index (χ1) is 7.68. The molecule has 8 nitrogen and oxygen atoms in total. The Morgan fingerprint density at radius 1 is 1.50 bits per heavy atom. The predicted molar refractivity (Wildman–Crippen MR) is 61.7 cm³/mol. The summed E-state index contributed by atoms with van der Waals surface area (Å²) in [7, 11) is 0. The number of nitrogens with two attached hydrogens (primary N) is 1. The second kappa shape index (κ2) is 4.17. The van der Waals surface area contributed by atoms with E-state index in [1.165, 1.54) is 4.68 Å². The van der Waals surface area contributed by atoms with E-state index in [0.717, 1.165) is 24.4 Å². The minimum atomic E-state index is 0.394. The van der Waals surface area contributed by atoms with Crippen LogP contribution in [0.4, 0.5) is 5.95 Å². The highest BCUT2D eigenvalue weighted by Crippen LogP contribution is 2.08. The van der Waals surface area contributed by atoms with Crippen LogP contribution in [0.5, 0.6) is 0 Å². The molecule has 1 aliphatic rings. The van der Waals surface area contributed by atoms with Gasteiger partial charge in [-0.25, -0.2) is 10.1 Å². The maximum atomic E-state index is 5.82. The van der Waals surface area contributed by atoms with Crippen LogP contribution >= 0.6 is 0 Å². The van der Waals surface area contributed by atoms with Gasteiger partial charge in [-0.2, -0.15) is 10.2 Å². The number of hydrogen-bond acceptors (Lipinski definition) is 7. The molecule has 1 aromatic heterocycles. The standard InChI is InChI=1S/C8H14N8/c1-5(2)11-14-8-15-13-7(16(8)9)6-3-4-10-12-6/h10H,3-4,9H2,1-2H3,(H,14,15). The quantitative estimate of drug-likeness (QED) is 0.363. The molecule has 1 aliphatic heterocycles. The van der Waals surface area contributed by atoms with Crippen molar-refractivity contribution in [3.05, 3.63) is 5.82 Å². The molecule has 0 aromatic carbocycles. The summed E-state index contributed by atoms with van der Waals surface area (Å²) in [6.07, 6.45) is 0.797. The van der Waals surface area contributed by atoms with Crippen LogP contribution in [0.25, 0.3) is 0 Å². The number of aromatic nitrogens is 3. The van der Waals surface area contributed by atoms with Crippen LogP contribution in [0.1, 0.15) is 26.1 Å². The van der Waals surface area contributed by atoms with Gasteiger partial charge >= 0.3 is 0 Å². The second-order valence-electron chi connectivity index (χ2n) is 3.60. The fourth-order valence-corrected chi connectivity index (χ4v) is 1.27. The molecule has 0 fully saturated rings. The van der Waals surface area contributed by atoms with Crippen molar-refractivity contribution in [2.75, 3.05) is 17.8 Å². The van der Waals surface area contributed by atoms with Gasteiger partial charge in [0.25, 0.3) is 5.95 Å². The SMILES string of the molecule is CC(C)=NNc1nnc(C2=NNCC2)n1N. The Hall–Kier alpha value is -2.12. The summed E-state index contributed by atoms with van der Waals surface area (Å²) in [5.41, 5.74) is 7.28. The summed E-state index contributed by atoms with van der Waals surface area (Å²) in [6.45, 7) is 4.55. The summed E-state index contributed by atoms with van der Waals surface area (Å²) >= 11 is 0. The third-order valence-corrected chi connectivity index (χ3v) is 2.02. The Labute approximate surface area is 92.6 Å². The van der Waals surface area contributed by atoms with Gasteiger partial charge in [-0.15, -0.1) is 10.2 Å². The predicted octanol–water partition coefficient (Wildman–Crippen LogP) is -0.503. The Morgan fingerprint density at radius 3 is 2.94 bits per heavy atom. The molecule has 0 atom stereocenters. The van der Waals surface area contributed by atoms with Crippen molar-refractivity contribution in [2.24, 2.45) is 10.2 Å². The lowest BCUT2D eigenvalue weighted by Gasteiger charge is -2.01. The maximum Gasteiger partial charge on any atom is 0.264 e. The molecule has 2 heterocycles. The van der Waals surface area contributed by atoms with Gasteiger partial charge in [0.05, 0.1) is 0 Å². The van der Waals surface area contributed by atoms with Crippen molar-refractivity contribution in [2.45, 2.75) is 20.3 Å². The van der Waals surface area contributed by atoms with E-state index in [1.807, 2.05) is 13.8 Å². The summed E-state index contributed by atoms with van der Waals surface area (Å²) < 4.78 is 1.35. The summed E-state index contributed by atoms with van der Waals surface area (Å²) in [4.78, 5) is 0. The lowest BCUT2D eigenvalue weighted by molar-refractivity contribution is 0.813. The second-order valence-corrected chi connectivity index (χ2v) is 3.60. The molecule has 0 saturated carbocycles. The van der Waals surface area contributed by atoms with Crippen molar-refractivity contribution in [1.82, 2.24) is 20.3 Å². The zero-order valence-electron chi connectivity index (χ0n) is 9.23. The molecule has 16 heavy (non-hydrogen) atoms. The van der Waals surface area contributed by atoms with Crippen LogP contribution in [0.3, 0.4) is 0 Å². The van der Waals surface area contributed by atoms with Crippen LogP contribution in [0.2, 0.25) is 0 Å². The largest absolute Gasteiger partial charge is 0.334 e. The van der Waals surface area contributed by atoms with E-state index in [2.05, 4.69) is 31.3 Å². The third-order valence-electron chi connectivity index (χ3n) is 2.02. The molecule has 0 saturated heterocycles. The Balaban J connectivity index is 2.20. The minimum absolute atomic E-state index is 0.394. The number of nitrogens with one attached hydrogen (secondary N) is 2. The lowest BCUT2D eigenvalue weighted by atomic mass is 10.3. The molecule has 2 rings (SSSR count). The first-order valence-corrected chi connectivity index (χ1v) is 4.95. The molecule has 1 aromatic rings. The zero-order chi connectivity index (χ0) is 11.5. The summed E-state index contributed by atoms with van der Waals surface area (Å²) in [6, 6.07) is 0. The van der Waals surface area contributed by atoms with E-state index < -0.39 is 0 Å². The van der Waals surface area contributed by atoms with Crippen molar-refractivity contribution < 1.29 is 0 Å². The number of anilines is 1. The first kappa shape index (κ1) is 10.4. The number of rotatable bonds is 3. The monoisotopic (exact) mass is 222 g/mol. The summed E-state index contributed by atoms with van der Waals surface area (Å²) in [5, 5.41) is 15.9. The van der Waals surface area contributed by atoms with Crippen LogP contribution in [0, 0.1) is 0 Å². The number of hydrazone groups is 2. The molecule has 0 radical (unpaired) electrons. The highest BCUT2D eigenvalue weighted by atomic mass is 15.5. The van der Waals surface area contributed by atoms with E-state index in [4.69, 9.17) is 5.84 Å². The highest BCUT2D eigenvalue weighted by molar-refractivity contribution is 5.98. The normalized spacial score (nSPS) is 14.2. The van der Waals surface area contributed by atoms with E-state index in [1.54, 1.807) is 0 Å². The molecule has 86 valence electrons. The van der Waals surface area contributed by atoms with Gasteiger partial charge in [0.2, 0.25) is 0 Å². The van der Waals surface area contributed by atoms with Gasteiger partial charge < -0.3 is 11.3 Å². The van der Waals surface area contributed by atoms with Gasteiger partial charge in [0.1, 0.15) is 5.71 Å². The molecule has 0 aliphatic carbocycles. The molecule has 0 bridgehead atoms. The Morgan fingerprint density at radius 2 is 2.31 bits per heavy atom. The van der Waals surface area contributed by atoms with Crippen LogP contribution in [-0.4, -0.2) is 32.8 Å². The molecule has 0 unspecified atom stereocenters. The van der Waals surface area contributed by atoms with E-state index in [0.29, 0.717) is 11.8 Å². The Bertz CT molecular complexity index is 439. The van der Waals surface area contributed by atoms with E-state index in [-0.39, 0.29) is 0 Å². The topological polar surface area (TPSA) is 106 Å². The molecular formula is C8H14N8. The van der Waals surface area contributed by atoms with Crippen LogP contribution < -0.4 is 16.7 Å². The number of nitrogen functional groups attached to an aromatic ring is 1. The van der Waals surface area contributed by atoms with Crippen molar-refractivity contribution >= 4 is 17.4 Å². The molecule has 8 heteroatoms. The Kier molecular flexibility index (Phi) is 2.71. The zero-order valence-corrected chi connectivity index (χ0v) is 9.23. The van der Waals surface area contributed by atoms with Crippen molar-refractivity contribution in [3.63, 3.8) is 0 Å². The minimum Gasteiger partial charge on any atom is -0.334 e. The van der Waals surface area contributed by atoms with Crippen LogP contribution in [0.15, 0.2) is 10.2 Å². The van der Waals surface area contributed by atoms with Gasteiger partial charge in [-0.3, -0.25) is 0 Å². The highest BCUT2D eigenvalue weighted by Gasteiger charge is 2.17. The third kappa shape index (κ3) is 1.95. The molecular weight excluding hydrogens is 208 g/mol. The average Bonchev–Trinajstić information content (AvgIpc) is 2.84. The molecule has 4 N–H and O–H groups in total. The fourth-order valence-electron chi connectivity index (χ4n) is 1.27. The lowest BCUT2D eigenvalue weighted by Crippen LogP contribution is -2.18. The van der Waals surface area contributed by atoms with Gasteiger partial charge in [-0.05, 0) is 13.8 Å². The van der Waals surface area contributed by atoms with Gasteiger partial charge in [0, 0.05) is 18.7 Å². The van der Waals surface area contributed by atoms with Gasteiger partial charge in [0.15, 0.2) is 5.82 Å². The number of hydrogen-bond donors (Lipinski definition) is 3. The van der Waals surface area contributed by atoms with Gasteiger partial charge in [-0.1, -0.05) is 0 Å². The summed E-state index contributed by atoms with van der Waals surface area (Å²) in [5.74, 6) is 6.77. The number of nitrogens with zero attached hydrogens (tertiary/aromatic N) is 5. The molecule has 0 amide bonds. The fraction of sp³-hybridized carbons (Fsp3) is 0.500. The van der Waals surface area contributed by atoms with Crippen molar-refractivity contribution in [3.8, 4) is 0 Å². The smallest absolute Gasteiger partial charge is 0.264 e. The van der Waals surface area contributed by atoms with E-state index in [9.17, 15) is 0 Å². The van der Waals surface area contributed by atoms with E-state index >= 15 is 0 Å². The maximum absolute atomic E-state index is 5.82. The van der Waals surface area contributed by atoms with Crippen molar-refractivity contribution in [1.29, 1.82) is 0 Å². The van der Waals surface area contributed by atoms with Crippen LogP contribution in [-0.2, 0) is 0 Å².